The van der Waals surface area contributed by atoms with Crippen molar-refractivity contribution in [2.45, 2.75) is 0 Å². The summed E-state index contributed by atoms with van der Waals surface area (Å²) in [4.78, 5) is 11.9. The molecule has 0 unspecified atom stereocenters. The van der Waals surface area contributed by atoms with Crippen LogP contribution in [0.5, 0.6) is 5.75 Å². The number of ether oxygens (including phenoxy) is 1. The van der Waals surface area contributed by atoms with Crippen LogP contribution < -0.4 is 15.5 Å². The van der Waals surface area contributed by atoms with Crippen molar-refractivity contribution in [1.29, 1.82) is 0 Å². The topological polar surface area (TPSA) is 62.7 Å². The lowest BCUT2D eigenvalue weighted by Gasteiger charge is -2.03. The van der Waals surface area contributed by atoms with Crippen LogP contribution in [-0.2, 0) is 4.79 Å². The maximum Gasteiger partial charge on any atom is 0.336 e. The molecule has 2 aromatic carbocycles. The number of carbonyl (C=O) groups excluding carboxylic acids is 1. The number of halogens is 1. The lowest BCUT2D eigenvalue weighted by atomic mass is 10.2. The molecule has 0 aromatic heterocycles. The molecule has 0 amide bonds. The molecule has 0 spiro atoms. The van der Waals surface area contributed by atoms with E-state index < -0.39 is 5.97 Å². The molecule has 7 heteroatoms. The molecule has 0 saturated heterocycles. The monoisotopic (exact) mass is 399 g/mol. The van der Waals surface area contributed by atoms with E-state index in [9.17, 15) is 4.79 Å². The highest BCUT2D eigenvalue weighted by Gasteiger charge is 2.00. The molecule has 0 heterocycles. The Morgan fingerprint density at radius 3 is 2.48 bits per heavy atom. The van der Waals surface area contributed by atoms with Crippen molar-refractivity contribution in [3.63, 3.8) is 0 Å². The number of hydrazone groups is 1. The van der Waals surface area contributed by atoms with Gasteiger partial charge in [0.15, 0.2) is 5.11 Å². The maximum atomic E-state index is 11.9. The first-order valence-corrected chi connectivity index (χ1v) is 8.79. The van der Waals surface area contributed by atoms with E-state index in [1.807, 2.05) is 12.1 Å². The predicted molar refractivity (Wildman–Crippen MR) is 114 cm³/mol. The molecule has 0 radical (unpaired) electrons. The molecule has 138 valence electrons. The van der Waals surface area contributed by atoms with E-state index in [2.05, 4.69) is 22.4 Å². The normalized spacial score (nSPS) is 10.7. The minimum absolute atomic E-state index is 0.407. The number of carbonyl (C=O) groups is 1. The second-order valence-electron chi connectivity index (χ2n) is 5.24. The third-order valence-electron chi connectivity index (χ3n) is 3.17. The third-order valence-corrected chi connectivity index (χ3v) is 3.65. The molecule has 2 rings (SSSR count). The van der Waals surface area contributed by atoms with E-state index in [4.69, 9.17) is 28.6 Å². The Morgan fingerprint density at radius 2 is 1.81 bits per heavy atom. The molecule has 0 atom stereocenters. The average Bonchev–Trinajstić information content (AvgIpc) is 2.67. The number of nitrogens with one attached hydrogen (secondary N) is 2. The Kier molecular flexibility index (Phi) is 8.22. The summed E-state index contributed by atoms with van der Waals surface area (Å²) >= 11 is 10.8. The number of benzene rings is 2. The molecule has 0 fully saturated rings. The number of thiocarbonyl (C=S) groups is 1. The highest BCUT2D eigenvalue weighted by molar-refractivity contribution is 7.80. The Morgan fingerprint density at radius 1 is 1.15 bits per heavy atom. The van der Waals surface area contributed by atoms with Gasteiger partial charge in [-0.1, -0.05) is 29.8 Å². The van der Waals surface area contributed by atoms with Gasteiger partial charge < -0.3 is 10.1 Å². The summed E-state index contributed by atoms with van der Waals surface area (Å²) < 4.78 is 5.25. The van der Waals surface area contributed by atoms with Gasteiger partial charge in [-0.05, 0) is 65.8 Å². The highest BCUT2D eigenvalue weighted by atomic mass is 35.5. The molecule has 0 aliphatic rings. The molecule has 0 bridgehead atoms. The largest absolute Gasteiger partial charge is 0.423 e. The van der Waals surface area contributed by atoms with Crippen LogP contribution in [0.2, 0.25) is 5.02 Å². The standard InChI is InChI=1S/C20H18ClN3O2S/c1-2-13-22-20(27)24-23-14-16-5-10-18(11-6-16)26-19(25)12-7-15-3-8-17(21)9-4-15/h2-12,14H,1,13H2,(H2,22,24,27). The Labute approximate surface area is 168 Å². The van der Waals surface area contributed by atoms with Crippen LogP contribution in [0.25, 0.3) is 6.08 Å². The molecule has 5 nitrogen and oxygen atoms in total. The summed E-state index contributed by atoms with van der Waals surface area (Å²) in [6.45, 7) is 4.15. The zero-order valence-corrected chi connectivity index (χ0v) is 16.0. The quantitative estimate of drug-likeness (QED) is 0.140. The minimum atomic E-state index is -0.466. The van der Waals surface area contributed by atoms with Gasteiger partial charge in [0.25, 0.3) is 0 Å². The van der Waals surface area contributed by atoms with Gasteiger partial charge in [0.1, 0.15) is 5.75 Å². The van der Waals surface area contributed by atoms with Crippen molar-refractivity contribution in [3.05, 3.63) is 83.4 Å². The molecule has 2 aromatic rings. The van der Waals surface area contributed by atoms with Crippen LogP contribution in [0.1, 0.15) is 11.1 Å². The van der Waals surface area contributed by atoms with Crippen LogP contribution in [0.15, 0.2) is 72.4 Å². The Hall–Kier alpha value is -2.96. The Bertz CT molecular complexity index is 847. The van der Waals surface area contributed by atoms with E-state index in [0.717, 1.165) is 11.1 Å². The van der Waals surface area contributed by atoms with E-state index >= 15 is 0 Å². The summed E-state index contributed by atoms with van der Waals surface area (Å²) in [6.07, 6.45) is 6.32. The van der Waals surface area contributed by atoms with Gasteiger partial charge in [0, 0.05) is 17.6 Å². The summed E-state index contributed by atoms with van der Waals surface area (Å²) in [5.41, 5.74) is 4.37. The molecular weight excluding hydrogens is 382 g/mol. The fourth-order valence-corrected chi connectivity index (χ4v) is 2.14. The number of esters is 1. The fourth-order valence-electron chi connectivity index (χ4n) is 1.88. The Balaban J connectivity index is 1.83. The van der Waals surface area contributed by atoms with E-state index in [1.165, 1.54) is 6.08 Å². The molecule has 0 saturated carbocycles. The van der Waals surface area contributed by atoms with Crippen molar-refractivity contribution < 1.29 is 9.53 Å². The van der Waals surface area contributed by atoms with Gasteiger partial charge in [0.2, 0.25) is 0 Å². The minimum Gasteiger partial charge on any atom is -0.423 e. The summed E-state index contributed by atoms with van der Waals surface area (Å²) in [6, 6.07) is 14.1. The molecule has 27 heavy (non-hydrogen) atoms. The zero-order chi connectivity index (χ0) is 19.5. The summed E-state index contributed by atoms with van der Waals surface area (Å²) in [5, 5.41) is 7.96. The van der Waals surface area contributed by atoms with E-state index in [0.29, 0.717) is 22.4 Å². The predicted octanol–water partition coefficient (Wildman–Crippen LogP) is 3.94. The summed E-state index contributed by atoms with van der Waals surface area (Å²) in [7, 11) is 0. The fraction of sp³-hybridized carbons (Fsp3) is 0.0500. The third kappa shape index (κ3) is 7.85. The lowest BCUT2D eigenvalue weighted by Crippen LogP contribution is -2.31. The van der Waals surface area contributed by atoms with Crippen LogP contribution >= 0.6 is 23.8 Å². The smallest absolute Gasteiger partial charge is 0.336 e. The van der Waals surface area contributed by atoms with Gasteiger partial charge >= 0.3 is 5.97 Å². The second kappa shape index (κ2) is 10.9. The van der Waals surface area contributed by atoms with Gasteiger partial charge in [-0.15, -0.1) is 6.58 Å². The SMILES string of the molecule is C=CCNC(=S)NN=Cc1ccc(OC(=O)C=Cc2ccc(Cl)cc2)cc1. The second-order valence-corrected chi connectivity index (χ2v) is 6.09. The van der Waals surface area contributed by atoms with Crippen molar-refractivity contribution >= 4 is 47.2 Å². The van der Waals surface area contributed by atoms with Crippen LogP contribution in [-0.4, -0.2) is 23.8 Å². The van der Waals surface area contributed by atoms with Gasteiger partial charge in [0.05, 0.1) is 6.21 Å². The zero-order valence-electron chi connectivity index (χ0n) is 14.4. The van der Waals surface area contributed by atoms with Gasteiger partial charge in [-0.3, -0.25) is 5.43 Å². The molecule has 0 aliphatic heterocycles. The summed E-state index contributed by atoms with van der Waals surface area (Å²) in [5.74, 6) is -0.0271. The number of hydrogen-bond donors (Lipinski definition) is 2. The van der Waals surface area contributed by atoms with Crippen molar-refractivity contribution in [2.75, 3.05) is 6.54 Å². The van der Waals surface area contributed by atoms with E-state index in [-0.39, 0.29) is 0 Å². The van der Waals surface area contributed by atoms with E-state index in [1.54, 1.807) is 54.8 Å². The molecule has 0 aliphatic carbocycles. The van der Waals surface area contributed by atoms with Crippen molar-refractivity contribution in [2.24, 2.45) is 5.10 Å². The number of hydrogen-bond acceptors (Lipinski definition) is 4. The molecule has 2 N–H and O–H groups in total. The van der Waals surface area contributed by atoms with Gasteiger partial charge in [-0.2, -0.15) is 5.10 Å². The van der Waals surface area contributed by atoms with Crippen molar-refractivity contribution in [1.82, 2.24) is 10.7 Å². The number of rotatable bonds is 7. The van der Waals surface area contributed by atoms with Gasteiger partial charge in [-0.25, -0.2) is 4.79 Å². The number of nitrogens with zero attached hydrogens (tertiary/aromatic N) is 1. The van der Waals surface area contributed by atoms with Crippen LogP contribution in [0.4, 0.5) is 0 Å². The van der Waals surface area contributed by atoms with Crippen LogP contribution in [0.3, 0.4) is 0 Å². The highest BCUT2D eigenvalue weighted by Crippen LogP contribution is 2.13. The average molecular weight is 400 g/mol. The first-order valence-electron chi connectivity index (χ1n) is 8.00. The first-order chi connectivity index (χ1) is 13.1. The maximum absolute atomic E-state index is 11.9. The first kappa shape index (κ1) is 20.4. The van der Waals surface area contributed by atoms with Crippen LogP contribution in [0, 0.1) is 0 Å². The molecular formula is C20H18ClN3O2S. The lowest BCUT2D eigenvalue weighted by molar-refractivity contribution is -0.128. The van der Waals surface area contributed by atoms with Crippen molar-refractivity contribution in [3.8, 4) is 5.75 Å².